The fraction of sp³-hybridized carbons (Fsp3) is 0.143. The lowest BCUT2D eigenvalue weighted by atomic mass is 10.0. The number of pyridine rings is 3. The Morgan fingerprint density at radius 3 is 2.62 bits per heavy atom. The molecule has 1 aromatic carbocycles. The van der Waals surface area contributed by atoms with Gasteiger partial charge in [0.2, 0.25) is 0 Å². The second-order valence-corrected chi connectivity index (χ2v) is 9.20. The van der Waals surface area contributed by atoms with Crippen LogP contribution in [0.1, 0.15) is 5.56 Å². The van der Waals surface area contributed by atoms with Gasteiger partial charge >= 0.3 is 0 Å². The van der Waals surface area contributed by atoms with Gasteiger partial charge in [-0.2, -0.15) is 5.10 Å². The Morgan fingerprint density at radius 1 is 0.919 bits per heavy atom. The van der Waals surface area contributed by atoms with E-state index in [2.05, 4.69) is 47.2 Å². The van der Waals surface area contributed by atoms with Crippen LogP contribution in [0, 0.1) is 5.82 Å². The predicted molar refractivity (Wildman–Crippen MR) is 142 cm³/mol. The smallest absolute Gasteiger partial charge is 0.181 e. The van der Waals surface area contributed by atoms with Crippen LogP contribution in [0.25, 0.3) is 55.7 Å². The first-order valence-electron chi connectivity index (χ1n) is 11.7. The first kappa shape index (κ1) is 22.8. The molecule has 0 aliphatic carbocycles. The number of aromatic amines is 2. The van der Waals surface area contributed by atoms with Crippen LogP contribution in [0.15, 0.2) is 67.3 Å². The van der Waals surface area contributed by atoms with Crippen molar-refractivity contribution in [2.24, 2.45) is 0 Å². The summed E-state index contributed by atoms with van der Waals surface area (Å²) in [6, 6.07) is 12.7. The minimum absolute atomic E-state index is 0.364. The first-order valence-corrected chi connectivity index (χ1v) is 11.7. The normalized spacial score (nSPS) is 11.6. The molecule has 0 amide bonds. The maximum Gasteiger partial charge on any atom is 0.181 e. The van der Waals surface area contributed by atoms with E-state index in [1.165, 1.54) is 19.2 Å². The monoisotopic (exact) mass is 493 g/mol. The molecule has 5 aromatic heterocycles. The highest BCUT2D eigenvalue weighted by molar-refractivity contribution is 5.99. The zero-order valence-corrected chi connectivity index (χ0v) is 20.6. The number of H-pyrrole nitrogens is 2. The Kier molecular flexibility index (Phi) is 5.61. The number of ether oxygens (including phenoxy) is 1. The molecule has 0 spiro atoms. The molecule has 0 radical (unpaired) electrons. The molecule has 0 atom stereocenters. The molecule has 6 rings (SSSR count). The van der Waals surface area contributed by atoms with Gasteiger partial charge < -0.3 is 14.6 Å². The third kappa shape index (κ3) is 4.30. The van der Waals surface area contributed by atoms with Crippen LogP contribution in [-0.4, -0.2) is 56.2 Å². The second kappa shape index (κ2) is 9.11. The number of fused-ring (bicyclic) bond motifs is 2. The molecular formula is C28H24FN7O. The van der Waals surface area contributed by atoms with Gasteiger partial charge in [0.25, 0.3) is 0 Å². The van der Waals surface area contributed by atoms with Crippen molar-refractivity contribution < 1.29 is 9.13 Å². The molecule has 9 heteroatoms. The molecule has 0 fully saturated rings. The maximum atomic E-state index is 14.2. The number of rotatable bonds is 6. The number of halogens is 1. The Morgan fingerprint density at radius 2 is 1.78 bits per heavy atom. The summed E-state index contributed by atoms with van der Waals surface area (Å²) >= 11 is 0. The summed E-state index contributed by atoms with van der Waals surface area (Å²) in [6.45, 7) is 0.801. The van der Waals surface area contributed by atoms with Gasteiger partial charge in [-0.3, -0.25) is 10.1 Å². The van der Waals surface area contributed by atoms with Crippen LogP contribution in [0.3, 0.4) is 0 Å². The molecule has 0 unspecified atom stereocenters. The fourth-order valence-electron chi connectivity index (χ4n) is 4.61. The topological polar surface area (TPSA) is 95.6 Å². The summed E-state index contributed by atoms with van der Waals surface area (Å²) in [7, 11) is 5.59. The van der Waals surface area contributed by atoms with Crippen LogP contribution in [0.2, 0.25) is 0 Å². The number of aromatic nitrogens is 6. The Labute approximate surface area is 212 Å². The highest BCUT2D eigenvalue weighted by Crippen LogP contribution is 2.35. The largest absolute Gasteiger partial charge is 0.497 e. The van der Waals surface area contributed by atoms with E-state index in [0.29, 0.717) is 22.6 Å². The molecule has 0 saturated carbocycles. The van der Waals surface area contributed by atoms with E-state index in [1.54, 1.807) is 6.20 Å². The Balaban J connectivity index is 1.45. The molecule has 0 bridgehead atoms. The fourth-order valence-corrected chi connectivity index (χ4v) is 4.61. The standard InChI is InChI=1S/C28H24FN7O/c1-36(2)15-16-6-18(13-30-12-16)19-9-24-26(34-35-28(24)32-14-19)25-11-23-22(4-5-31-27(23)33-25)17-7-20(29)10-21(8-17)37-3/h4-14H,15H2,1-3H3,(H,31,33)(H,32,34,35). The van der Waals surface area contributed by atoms with Gasteiger partial charge in [0.15, 0.2) is 5.65 Å². The molecule has 184 valence electrons. The van der Waals surface area contributed by atoms with E-state index >= 15 is 0 Å². The third-order valence-corrected chi connectivity index (χ3v) is 6.26. The van der Waals surface area contributed by atoms with Gasteiger partial charge in [0.1, 0.15) is 17.2 Å². The molecular weight excluding hydrogens is 469 g/mol. The van der Waals surface area contributed by atoms with Gasteiger partial charge in [0.05, 0.1) is 18.5 Å². The van der Waals surface area contributed by atoms with E-state index < -0.39 is 0 Å². The van der Waals surface area contributed by atoms with E-state index in [0.717, 1.165) is 51.0 Å². The van der Waals surface area contributed by atoms with E-state index in [-0.39, 0.29) is 5.82 Å². The van der Waals surface area contributed by atoms with Crippen LogP contribution >= 0.6 is 0 Å². The van der Waals surface area contributed by atoms with Gasteiger partial charge in [-0.05, 0) is 67.2 Å². The first-order chi connectivity index (χ1) is 18.0. The van der Waals surface area contributed by atoms with E-state index in [1.807, 2.05) is 50.9 Å². The van der Waals surface area contributed by atoms with Gasteiger partial charge in [-0.15, -0.1) is 0 Å². The lowest BCUT2D eigenvalue weighted by Crippen LogP contribution is -2.10. The summed E-state index contributed by atoms with van der Waals surface area (Å²) in [4.78, 5) is 19.0. The summed E-state index contributed by atoms with van der Waals surface area (Å²) in [5, 5.41) is 9.26. The zero-order valence-electron chi connectivity index (χ0n) is 20.6. The van der Waals surface area contributed by atoms with Crippen molar-refractivity contribution in [3.63, 3.8) is 0 Å². The second-order valence-electron chi connectivity index (χ2n) is 9.20. The summed E-state index contributed by atoms with van der Waals surface area (Å²) in [6.07, 6.45) is 7.23. The predicted octanol–water partition coefficient (Wildman–Crippen LogP) is 5.44. The summed E-state index contributed by atoms with van der Waals surface area (Å²) in [5.74, 6) is 0.0930. The highest BCUT2D eigenvalue weighted by Gasteiger charge is 2.16. The summed E-state index contributed by atoms with van der Waals surface area (Å²) < 4.78 is 19.5. The van der Waals surface area contributed by atoms with Crippen molar-refractivity contribution in [1.29, 1.82) is 0 Å². The molecule has 2 N–H and O–H groups in total. The maximum absolute atomic E-state index is 14.2. The number of hydrogen-bond donors (Lipinski definition) is 2. The third-order valence-electron chi connectivity index (χ3n) is 6.26. The zero-order chi connectivity index (χ0) is 25.5. The lowest BCUT2D eigenvalue weighted by Gasteiger charge is -2.10. The van der Waals surface area contributed by atoms with Crippen molar-refractivity contribution in [3.05, 3.63) is 78.6 Å². The molecule has 37 heavy (non-hydrogen) atoms. The van der Waals surface area contributed by atoms with Crippen LogP contribution in [-0.2, 0) is 6.54 Å². The average Bonchev–Trinajstić information content (AvgIpc) is 3.51. The molecule has 0 saturated heterocycles. The molecule has 0 aliphatic heterocycles. The number of benzene rings is 1. The SMILES string of the molecule is COc1cc(F)cc(-c2ccnc3[nH]c(-c4[nH]nc5ncc(-c6cncc(CN(C)C)c6)cc45)cc23)c1. The molecule has 6 aromatic rings. The van der Waals surface area contributed by atoms with Crippen molar-refractivity contribution in [3.8, 4) is 39.4 Å². The number of nitrogens with one attached hydrogen (secondary N) is 2. The van der Waals surface area contributed by atoms with Gasteiger partial charge in [0, 0.05) is 59.3 Å². The number of methoxy groups -OCH3 is 1. The van der Waals surface area contributed by atoms with Crippen molar-refractivity contribution in [2.75, 3.05) is 21.2 Å². The van der Waals surface area contributed by atoms with Crippen molar-refractivity contribution in [1.82, 2.24) is 35.0 Å². The molecule has 0 aliphatic rings. The van der Waals surface area contributed by atoms with Crippen LogP contribution in [0.5, 0.6) is 5.75 Å². The Bertz CT molecular complexity index is 1760. The molecule has 5 heterocycles. The minimum Gasteiger partial charge on any atom is -0.497 e. The van der Waals surface area contributed by atoms with Gasteiger partial charge in [-0.25, -0.2) is 14.4 Å². The average molecular weight is 494 g/mol. The number of hydrogen-bond acceptors (Lipinski definition) is 6. The minimum atomic E-state index is -0.364. The molecule has 8 nitrogen and oxygen atoms in total. The highest BCUT2D eigenvalue weighted by atomic mass is 19.1. The summed E-state index contributed by atoms with van der Waals surface area (Å²) in [5.41, 5.74) is 7.50. The number of nitrogens with zero attached hydrogens (tertiary/aromatic N) is 5. The van der Waals surface area contributed by atoms with Crippen LogP contribution < -0.4 is 4.74 Å². The van der Waals surface area contributed by atoms with E-state index in [9.17, 15) is 4.39 Å². The van der Waals surface area contributed by atoms with Crippen molar-refractivity contribution in [2.45, 2.75) is 6.54 Å². The van der Waals surface area contributed by atoms with Gasteiger partial charge in [-0.1, -0.05) is 0 Å². The van der Waals surface area contributed by atoms with Crippen molar-refractivity contribution >= 4 is 22.1 Å². The van der Waals surface area contributed by atoms with Crippen LogP contribution in [0.4, 0.5) is 4.39 Å². The lowest BCUT2D eigenvalue weighted by molar-refractivity contribution is 0.402. The Hall–Kier alpha value is -4.63. The van der Waals surface area contributed by atoms with E-state index in [4.69, 9.17) is 4.74 Å². The quantitative estimate of drug-likeness (QED) is 0.321.